The van der Waals surface area contributed by atoms with Crippen LogP contribution in [0.3, 0.4) is 0 Å². The maximum Gasteiger partial charge on any atom is 0.202 e. The molecule has 1 fully saturated rings. The van der Waals surface area contributed by atoms with E-state index in [-0.39, 0.29) is 0 Å². The third-order valence-corrected chi connectivity index (χ3v) is 5.58. The lowest BCUT2D eigenvalue weighted by Gasteiger charge is -2.36. The SMILES string of the molecule is CSC1(Cn2c(N)nc3cccnc32)CCCCC1. The van der Waals surface area contributed by atoms with E-state index in [1.54, 1.807) is 0 Å². The van der Waals surface area contributed by atoms with Gasteiger partial charge in [0.05, 0.1) is 0 Å². The third-order valence-electron chi connectivity index (χ3n) is 4.18. The van der Waals surface area contributed by atoms with Crippen molar-refractivity contribution in [2.45, 2.75) is 43.4 Å². The molecule has 0 atom stereocenters. The highest BCUT2D eigenvalue weighted by Crippen LogP contribution is 2.40. The summed E-state index contributed by atoms with van der Waals surface area (Å²) in [7, 11) is 0. The van der Waals surface area contributed by atoms with Crippen LogP contribution in [0, 0.1) is 0 Å². The van der Waals surface area contributed by atoms with Crippen molar-refractivity contribution in [1.29, 1.82) is 0 Å². The summed E-state index contributed by atoms with van der Waals surface area (Å²) in [5, 5.41) is 0. The highest BCUT2D eigenvalue weighted by Gasteiger charge is 2.32. The molecule has 2 N–H and O–H groups in total. The summed E-state index contributed by atoms with van der Waals surface area (Å²) in [5.74, 6) is 0.590. The Bertz CT molecular complexity index is 572. The van der Waals surface area contributed by atoms with Gasteiger partial charge >= 0.3 is 0 Å². The number of nitrogens with zero attached hydrogens (tertiary/aromatic N) is 3. The Hall–Kier alpha value is -1.23. The van der Waals surface area contributed by atoms with E-state index in [1.807, 2.05) is 30.1 Å². The fourth-order valence-electron chi connectivity index (χ4n) is 3.04. The van der Waals surface area contributed by atoms with Crippen molar-refractivity contribution in [2.75, 3.05) is 12.0 Å². The number of nitrogen functional groups attached to an aromatic ring is 1. The number of hydrogen-bond acceptors (Lipinski definition) is 4. The summed E-state index contributed by atoms with van der Waals surface area (Å²) in [6.45, 7) is 0.924. The second-order valence-corrected chi connectivity index (χ2v) is 6.62. The Kier molecular flexibility index (Phi) is 3.39. The van der Waals surface area contributed by atoms with Gasteiger partial charge in [-0.2, -0.15) is 11.8 Å². The number of nitrogens with two attached hydrogens (primary N) is 1. The number of pyridine rings is 1. The van der Waals surface area contributed by atoms with Crippen LogP contribution in [0.2, 0.25) is 0 Å². The quantitative estimate of drug-likeness (QED) is 0.936. The van der Waals surface area contributed by atoms with Crippen LogP contribution >= 0.6 is 11.8 Å². The molecule has 0 amide bonds. The molecule has 0 aromatic carbocycles. The summed E-state index contributed by atoms with van der Waals surface area (Å²) < 4.78 is 2.40. The summed E-state index contributed by atoms with van der Waals surface area (Å²) in [6.07, 6.45) is 10.6. The normalized spacial score (nSPS) is 18.8. The largest absolute Gasteiger partial charge is 0.369 e. The molecule has 2 heterocycles. The molecule has 3 rings (SSSR count). The molecule has 1 aliphatic carbocycles. The summed E-state index contributed by atoms with van der Waals surface area (Å²) >= 11 is 1.98. The lowest BCUT2D eigenvalue weighted by Crippen LogP contribution is -2.33. The molecule has 0 bridgehead atoms. The molecule has 2 aromatic rings. The van der Waals surface area contributed by atoms with Gasteiger partial charge in [0.25, 0.3) is 0 Å². The Labute approximate surface area is 117 Å². The van der Waals surface area contributed by atoms with E-state index < -0.39 is 0 Å². The molecule has 0 spiro atoms. The molecular weight excluding hydrogens is 256 g/mol. The van der Waals surface area contributed by atoms with Gasteiger partial charge in [0.2, 0.25) is 5.95 Å². The number of aromatic nitrogens is 3. The molecule has 0 aliphatic heterocycles. The number of rotatable bonds is 3. The number of imidazole rings is 1. The molecule has 19 heavy (non-hydrogen) atoms. The fraction of sp³-hybridized carbons (Fsp3) is 0.571. The van der Waals surface area contributed by atoms with Crippen molar-refractivity contribution in [2.24, 2.45) is 0 Å². The molecule has 4 nitrogen and oxygen atoms in total. The van der Waals surface area contributed by atoms with Crippen LogP contribution in [-0.2, 0) is 6.54 Å². The molecule has 0 radical (unpaired) electrons. The van der Waals surface area contributed by atoms with Crippen LogP contribution in [0.15, 0.2) is 18.3 Å². The van der Waals surface area contributed by atoms with Gasteiger partial charge in [0.15, 0.2) is 5.65 Å². The first-order valence-electron chi connectivity index (χ1n) is 6.86. The lowest BCUT2D eigenvalue weighted by molar-refractivity contribution is 0.362. The predicted octanol–water partition coefficient (Wildman–Crippen LogP) is 3.08. The van der Waals surface area contributed by atoms with E-state index in [9.17, 15) is 0 Å². The van der Waals surface area contributed by atoms with E-state index in [1.165, 1.54) is 32.1 Å². The van der Waals surface area contributed by atoms with Crippen molar-refractivity contribution >= 4 is 28.9 Å². The van der Waals surface area contributed by atoms with E-state index in [4.69, 9.17) is 5.73 Å². The average molecular weight is 276 g/mol. The second kappa shape index (κ2) is 5.04. The summed E-state index contributed by atoms with van der Waals surface area (Å²) in [6, 6.07) is 3.88. The number of hydrogen-bond donors (Lipinski definition) is 1. The fourth-order valence-corrected chi connectivity index (χ4v) is 4.00. The van der Waals surface area contributed by atoms with Gasteiger partial charge in [-0.3, -0.25) is 4.57 Å². The van der Waals surface area contributed by atoms with Crippen LogP contribution in [0.4, 0.5) is 5.95 Å². The minimum Gasteiger partial charge on any atom is -0.369 e. The summed E-state index contributed by atoms with van der Waals surface area (Å²) in [4.78, 5) is 8.86. The van der Waals surface area contributed by atoms with Crippen molar-refractivity contribution in [1.82, 2.24) is 14.5 Å². The Morgan fingerprint density at radius 2 is 2.16 bits per heavy atom. The third kappa shape index (κ3) is 2.31. The highest BCUT2D eigenvalue weighted by molar-refractivity contribution is 8.00. The molecule has 2 aromatic heterocycles. The molecule has 1 aliphatic rings. The van der Waals surface area contributed by atoms with Crippen LogP contribution < -0.4 is 5.73 Å². The maximum atomic E-state index is 6.09. The van der Waals surface area contributed by atoms with Crippen molar-refractivity contribution in [3.63, 3.8) is 0 Å². The first kappa shape index (κ1) is 12.8. The monoisotopic (exact) mass is 276 g/mol. The molecule has 1 saturated carbocycles. The standard InChI is InChI=1S/C14H20N4S/c1-19-14(7-3-2-4-8-14)10-18-12-11(17-13(18)15)6-5-9-16-12/h5-6,9H,2-4,7-8,10H2,1H3,(H2,15,17). The highest BCUT2D eigenvalue weighted by atomic mass is 32.2. The van der Waals surface area contributed by atoms with Crippen LogP contribution in [-0.4, -0.2) is 25.5 Å². The first-order chi connectivity index (χ1) is 9.24. The average Bonchev–Trinajstić information content (AvgIpc) is 2.76. The maximum absolute atomic E-state index is 6.09. The van der Waals surface area contributed by atoms with Gasteiger partial charge in [-0.25, -0.2) is 9.97 Å². The van der Waals surface area contributed by atoms with Crippen LogP contribution in [0.25, 0.3) is 11.2 Å². The van der Waals surface area contributed by atoms with E-state index >= 15 is 0 Å². The first-order valence-corrected chi connectivity index (χ1v) is 8.08. The van der Waals surface area contributed by atoms with Gasteiger partial charge in [-0.05, 0) is 31.2 Å². The number of anilines is 1. The van der Waals surface area contributed by atoms with Gasteiger partial charge in [0.1, 0.15) is 5.52 Å². The lowest BCUT2D eigenvalue weighted by atomic mass is 9.88. The minimum atomic E-state index is 0.303. The summed E-state index contributed by atoms with van der Waals surface area (Å²) in [5.41, 5.74) is 7.90. The minimum absolute atomic E-state index is 0.303. The molecule has 102 valence electrons. The molecule has 5 heteroatoms. The van der Waals surface area contributed by atoms with Crippen molar-refractivity contribution < 1.29 is 0 Å². The Morgan fingerprint density at radius 3 is 2.89 bits per heavy atom. The van der Waals surface area contributed by atoms with Gasteiger partial charge in [0, 0.05) is 17.5 Å². The Balaban J connectivity index is 1.97. The van der Waals surface area contributed by atoms with Gasteiger partial charge in [-0.1, -0.05) is 19.3 Å². The van der Waals surface area contributed by atoms with Crippen molar-refractivity contribution in [3.05, 3.63) is 18.3 Å². The smallest absolute Gasteiger partial charge is 0.202 e. The van der Waals surface area contributed by atoms with Gasteiger partial charge < -0.3 is 5.73 Å². The van der Waals surface area contributed by atoms with Gasteiger partial charge in [-0.15, -0.1) is 0 Å². The molecular formula is C14H20N4S. The van der Waals surface area contributed by atoms with Crippen molar-refractivity contribution in [3.8, 4) is 0 Å². The van der Waals surface area contributed by atoms with E-state index in [2.05, 4.69) is 20.8 Å². The number of thioether (sulfide) groups is 1. The zero-order valence-corrected chi connectivity index (χ0v) is 12.1. The molecule has 0 saturated heterocycles. The van der Waals surface area contributed by atoms with E-state index in [0.29, 0.717) is 10.7 Å². The zero-order valence-electron chi connectivity index (χ0n) is 11.3. The topological polar surface area (TPSA) is 56.7 Å². The van der Waals surface area contributed by atoms with Crippen LogP contribution in [0.5, 0.6) is 0 Å². The van der Waals surface area contributed by atoms with Crippen LogP contribution in [0.1, 0.15) is 32.1 Å². The zero-order chi connectivity index (χ0) is 13.3. The Morgan fingerprint density at radius 1 is 1.37 bits per heavy atom. The number of fused-ring (bicyclic) bond motifs is 1. The predicted molar refractivity (Wildman–Crippen MR) is 81.3 cm³/mol. The molecule has 0 unspecified atom stereocenters. The second-order valence-electron chi connectivity index (χ2n) is 5.35. The van der Waals surface area contributed by atoms with E-state index in [0.717, 1.165) is 17.7 Å².